The monoisotopic (exact) mass is 285 g/mol. The standard InChI is InChI=1S/C11H19N5O2S/c1-7(2)12-11(9(17)18)5-4-8(6-11)19-10-13-14-15-16(10)3/h7-8,12H,4-6H2,1-3H3,(H,17,18). The Morgan fingerprint density at radius 1 is 1.63 bits per heavy atom. The molecule has 1 aromatic heterocycles. The summed E-state index contributed by atoms with van der Waals surface area (Å²) < 4.78 is 1.61. The summed E-state index contributed by atoms with van der Waals surface area (Å²) in [4.78, 5) is 11.6. The molecule has 8 heteroatoms. The van der Waals surface area contributed by atoms with E-state index in [1.54, 1.807) is 23.5 Å². The van der Waals surface area contributed by atoms with Crippen LogP contribution in [0.25, 0.3) is 0 Å². The van der Waals surface area contributed by atoms with Gasteiger partial charge in [-0.15, -0.1) is 5.10 Å². The SMILES string of the molecule is CC(C)NC1(C(=O)O)CCC(Sc2nnnn2C)C1. The van der Waals surface area contributed by atoms with E-state index in [9.17, 15) is 9.90 Å². The molecule has 1 fully saturated rings. The van der Waals surface area contributed by atoms with E-state index in [1.165, 1.54) is 0 Å². The van der Waals surface area contributed by atoms with Crippen molar-refractivity contribution in [2.45, 2.75) is 55.1 Å². The first kappa shape index (κ1) is 14.3. The Hall–Kier alpha value is -1.15. The second kappa shape index (κ2) is 5.46. The van der Waals surface area contributed by atoms with Crippen LogP contribution in [0.4, 0.5) is 0 Å². The van der Waals surface area contributed by atoms with Crippen molar-refractivity contribution >= 4 is 17.7 Å². The fraction of sp³-hybridized carbons (Fsp3) is 0.818. The zero-order valence-electron chi connectivity index (χ0n) is 11.3. The predicted octanol–water partition coefficient (Wildman–Crippen LogP) is 0.676. The van der Waals surface area contributed by atoms with Gasteiger partial charge in [-0.2, -0.15) is 0 Å². The zero-order chi connectivity index (χ0) is 14.0. The second-order valence-corrected chi connectivity index (χ2v) is 6.52. The highest BCUT2D eigenvalue weighted by Gasteiger charge is 2.46. The molecule has 19 heavy (non-hydrogen) atoms. The van der Waals surface area contributed by atoms with Crippen molar-refractivity contribution in [3.05, 3.63) is 0 Å². The Morgan fingerprint density at radius 2 is 2.37 bits per heavy atom. The quantitative estimate of drug-likeness (QED) is 0.821. The largest absolute Gasteiger partial charge is 0.480 e. The van der Waals surface area contributed by atoms with Gasteiger partial charge >= 0.3 is 5.97 Å². The molecule has 2 unspecified atom stereocenters. The van der Waals surface area contributed by atoms with Crippen LogP contribution in [0, 0.1) is 0 Å². The molecular weight excluding hydrogens is 266 g/mol. The fourth-order valence-corrected chi connectivity index (χ4v) is 3.68. The topological polar surface area (TPSA) is 92.9 Å². The molecule has 1 aromatic rings. The van der Waals surface area contributed by atoms with Crippen LogP contribution in [-0.2, 0) is 11.8 Å². The molecule has 106 valence electrons. The smallest absolute Gasteiger partial charge is 0.323 e. The highest BCUT2D eigenvalue weighted by atomic mass is 32.2. The van der Waals surface area contributed by atoms with Crippen LogP contribution in [0.1, 0.15) is 33.1 Å². The van der Waals surface area contributed by atoms with E-state index in [1.807, 2.05) is 13.8 Å². The molecule has 2 atom stereocenters. The van der Waals surface area contributed by atoms with Crippen molar-refractivity contribution in [2.24, 2.45) is 7.05 Å². The van der Waals surface area contributed by atoms with Crippen LogP contribution < -0.4 is 5.32 Å². The third-order valence-corrected chi connectivity index (χ3v) is 4.59. The minimum absolute atomic E-state index is 0.149. The van der Waals surface area contributed by atoms with Gasteiger partial charge in [0, 0.05) is 18.3 Å². The number of nitrogens with one attached hydrogen (secondary N) is 1. The molecule has 0 aliphatic heterocycles. The Kier molecular flexibility index (Phi) is 4.10. The number of thioether (sulfide) groups is 1. The van der Waals surface area contributed by atoms with Gasteiger partial charge in [0.2, 0.25) is 5.16 Å². The third kappa shape index (κ3) is 3.06. The summed E-state index contributed by atoms with van der Waals surface area (Å²) >= 11 is 1.55. The average molecular weight is 285 g/mol. The molecular formula is C11H19N5O2S. The van der Waals surface area contributed by atoms with E-state index in [0.717, 1.165) is 11.6 Å². The Bertz CT molecular complexity index is 464. The summed E-state index contributed by atoms with van der Waals surface area (Å²) in [6, 6.07) is 0.149. The molecule has 1 saturated carbocycles. The average Bonchev–Trinajstić information content (AvgIpc) is 2.88. The van der Waals surface area contributed by atoms with Crippen molar-refractivity contribution < 1.29 is 9.90 Å². The van der Waals surface area contributed by atoms with Gasteiger partial charge in [0.25, 0.3) is 0 Å². The molecule has 7 nitrogen and oxygen atoms in total. The summed E-state index contributed by atoms with van der Waals surface area (Å²) in [6.07, 6.45) is 2.09. The summed E-state index contributed by atoms with van der Waals surface area (Å²) in [5.41, 5.74) is -0.808. The minimum atomic E-state index is -0.808. The van der Waals surface area contributed by atoms with Crippen molar-refractivity contribution in [1.82, 2.24) is 25.5 Å². The van der Waals surface area contributed by atoms with Crippen LogP contribution in [0.15, 0.2) is 5.16 Å². The predicted molar refractivity (Wildman–Crippen MR) is 70.9 cm³/mol. The Labute approximate surface area is 116 Å². The number of hydrogen-bond acceptors (Lipinski definition) is 6. The first-order chi connectivity index (χ1) is 8.93. The van der Waals surface area contributed by atoms with Gasteiger partial charge in [0.05, 0.1) is 0 Å². The van der Waals surface area contributed by atoms with Gasteiger partial charge in [-0.25, -0.2) is 4.68 Å². The molecule has 0 saturated heterocycles. The number of tetrazole rings is 1. The lowest BCUT2D eigenvalue weighted by atomic mass is 9.97. The number of carboxylic acids is 1. The molecule has 0 amide bonds. The molecule has 0 aromatic carbocycles. The lowest BCUT2D eigenvalue weighted by Gasteiger charge is -2.28. The lowest BCUT2D eigenvalue weighted by Crippen LogP contribution is -2.53. The lowest BCUT2D eigenvalue weighted by molar-refractivity contribution is -0.145. The summed E-state index contributed by atoms with van der Waals surface area (Å²) in [6.45, 7) is 3.94. The highest BCUT2D eigenvalue weighted by molar-refractivity contribution is 7.99. The molecule has 0 radical (unpaired) electrons. The number of carbonyl (C=O) groups is 1. The van der Waals surface area contributed by atoms with Crippen LogP contribution in [0.5, 0.6) is 0 Å². The first-order valence-corrected chi connectivity index (χ1v) is 7.21. The molecule has 1 aliphatic carbocycles. The van der Waals surface area contributed by atoms with E-state index in [0.29, 0.717) is 12.8 Å². The summed E-state index contributed by atoms with van der Waals surface area (Å²) in [5, 5.41) is 25.0. The van der Waals surface area contributed by atoms with Gasteiger partial charge < -0.3 is 5.11 Å². The van der Waals surface area contributed by atoms with E-state index in [4.69, 9.17) is 0 Å². The molecule has 0 bridgehead atoms. The maximum absolute atomic E-state index is 11.6. The van der Waals surface area contributed by atoms with Gasteiger partial charge in [0.1, 0.15) is 5.54 Å². The van der Waals surface area contributed by atoms with E-state index in [-0.39, 0.29) is 11.3 Å². The number of hydrogen-bond donors (Lipinski definition) is 2. The van der Waals surface area contributed by atoms with Crippen molar-refractivity contribution in [3.63, 3.8) is 0 Å². The van der Waals surface area contributed by atoms with Gasteiger partial charge in [-0.1, -0.05) is 11.8 Å². The van der Waals surface area contributed by atoms with E-state index >= 15 is 0 Å². The second-order valence-electron chi connectivity index (χ2n) is 5.25. The maximum atomic E-state index is 11.6. The highest BCUT2D eigenvalue weighted by Crippen LogP contribution is 2.39. The third-order valence-electron chi connectivity index (χ3n) is 3.30. The van der Waals surface area contributed by atoms with Crippen LogP contribution in [0.3, 0.4) is 0 Å². The van der Waals surface area contributed by atoms with E-state index in [2.05, 4.69) is 20.8 Å². The van der Waals surface area contributed by atoms with Gasteiger partial charge in [0.15, 0.2) is 0 Å². The Morgan fingerprint density at radius 3 is 2.89 bits per heavy atom. The van der Waals surface area contributed by atoms with Crippen molar-refractivity contribution in [2.75, 3.05) is 0 Å². The van der Waals surface area contributed by atoms with Gasteiger partial charge in [-0.3, -0.25) is 10.1 Å². The molecule has 1 aliphatic rings. The number of aryl methyl sites for hydroxylation is 1. The molecule has 2 N–H and O–H groups in total. The molecule has 1 heterocycles. The molecule has 2 rings (SSSR count). The number of nitrogens with zero attached hydrogens (tertiary/aromatic N) is 4. The number of rotatable bonds is 5. The number of aliphatic carboxylic acids is 1. The minimum Gasteiger partial charge on any atom is -0.480 e. The number of carboxylic acid groups (broad SMARTS) is 1. The van der Waals surface area contributed by atoms with E-state index < -0.39 is 11.5 Å². The fourth-order valence-electron chi connectivity index (χ4n) is 2.51. The molecule has 0 spiro atoms. The summed E-state index contributed by atoms with van der Waals surface area (Å²) in [7, 11) is 1.79. The van der Waals surface area contributed by atoms with Gasteiger partial charge in [-0.05, 0) is 43.5 Å². The first-order valence-electron chi connectivity index (χ1n) is 6.33. The normalized spacial score (nSPS) is 27.1. The zero-order valence-corrected chi connectivity index (χ0v) is 12.1. The van der Waals surface area contributed by atoms with Crippen LogP contribution in [0.2, 0.25) is 0 Å². The van der Waals surface area contributed by atoms with Crippen molar-refractivity contribution in [3.8, 4) is 0 Å². The Balaban J connectivity index is 2.04. The maximum Gasteiger partial charge on any atom is 0.323 e. The van der Waals surface area contributed by atoms with Crippen LogP contribution in [-0.4, -0.2) is 48.1 Å². The van der Waals surface area contributed by atoms with Crippen LogP contribution >= 0.6 is 11.8 Å². The van der Waals surface area contributed by atoms with Crippen molar-refractivity contribution in [1.29, 1.82) is 0 Å². The summed E-state index contributed by atoms with van der Waals surface area (Å²) in [5.74, 6) is -0.764. The number of aromatic nitrogens is 4.